The topological polar surface area (TPSA) is 85.7 Å². The van der Waals surface area contributed by atoms with Crippen molar-refractivity contribution in [3.05, 3.63) is 72.2 Å². The summed E-state index contributed by atoms with van der Waals surface area (Å²) >= 11 is 0. The molecule has 0 atom stereocenters. The maximum absolute atomic E-state index is 10.7. The lowest BCUT2D eigenvalue weighted by Gasteiger charge is -2.08. The number of carboxylic acids is 1. The van der Waals surface area contributed by atoms with Crippen molar-refractivity contribution in [3.8, 4) is 16.9 Å². The Morgan fingerprint density at radius 3 is 2.43 bits per heavy atom. The molecular weight excluding hydrogens is 294 g/mol. The Morgan fingerprint density at radius 2 is 1.78 bits per heavy atom. The van der Waals surface area contributed by atoms with E-state index in [-0.39, 0.29) is 12.4 Å². The summed E-state index contributed by atoms with van der Waals surface area (Å²) in [5.41, 5.74) is 8.65. The lowest BCUT2D eigenvalue weighted by molar-refractivity contribution is 0.0658. The fourth-order valence-electron chi connectivity index (χ4n) is 2.22. The number of benzene rings is 2. The van der Waals surface area contributed by atoms with Crippen LogP contribution in [0.25, 0.3) is 11.1 Å². The van der Waals surface area contributed by atoms with Gasteiger partial charge in [-0.1, -0.05) is 30.3 Å². The number of hydrogen-bond acceptors (Lipinski definition) is 4. The number of nitrogen functional groups attached to an aromatic ring is 1. The largest absolute Gasteiger partial charge is 0.486 e. The number of furan rings is 1. The van der Waals surface area contributed by atoms with Gasteiger partial charge in [0.15, 0.2) is 0 Å². The molecule has 5 nitrogen and oxygen atoms in total. The first-order valence-electron chi connectivity index (χ1n) is 7.03. The van der Waals surface area contributed by atoms with E-state index in [1.165, 1.54) is 6.07 Å². The van der Waals surface area contributed by atoms with Crippen LogP contribution in [-0.4, -0.2) is 11.1 Å². The molecule has 23 heavy (non-hydrogen) atoms. The second-order valence-electron chi connectivity index (χ2n) is 4.97. The van der Waals surface area contributed by atoms with Crippen LogP contribution in [0.1, 0.15) is 16.3 Å². The van der Waals surface area contributed by atoms with Crippen LogP contribution < -0.4 is 10.5 Å². The number of nitrogens with two attached hydrogens (primary N) is 1. The molecule has 0 amide bonds. The van der Waals surface area contributed by atoms with Gasteiger partial charge in [-0.15, -0.1) is 0 Å². The minimum Gasteiger partial charge on any atom is -0.486 e. The van der Waals surface area contributed by atoms with E-state index in [2.05, 4.69) is 0 Å². The lowest BCUT2D eigenvalue weighted by atomic mass is 10.0. The number of ether oxygens (including phenoxy) is 1. The maximum atomic E-state index is 10.7. The molecule has 0 saturated heterocycles. The van der Waals surface area contributed by atoms with Crippen LogP contribution in [0.2, 0.25) is 0 Å². The summed E-state index contributed by atoms with van der Waals surface area (Å²) in [6.45, 7) is 0.167. The molecule has 3 N–H and O–H groups in total. The van der Waals surface area contributed by atoms with Crippen molar-refractivity contribution in [2.75, 3.05) is 5.73 Å². The Hall–Kier alpha value is -3.21. The van der Waals surface area contributed by atoms with Gasteiger partial charge in [0.25, 0.3) is 0 Å². The van der Waals surface area contributed by atoms with Crippen LogP contribution >= 0.6 is 0 Å². The molecule has 0 spiro atoms. The minimum atomic E-state index is -1.10. The monoisotopic (exact) mass is 309 g/mol. The number of hydrogen-bond donors (Lipinski definition) is 2. The van der Waals surface area contributed by atoms with Gasteiger partial charge >= 0.3 is 5.97 Å². The Bertz CT molecular complexity index is 821. The second-order valence-corrected chi connectivity index (χ2v) is 4.97. The zero-order valence-corrected chi connectivity index (χ0v) is 12.2. The normalized spacial score (nSPS) is 10.4. The minimum absolute atomic E-state index is 0.0986. The van der Waals surface area contributed by atoms with Crippen molar-refractivity contribution in [1.82, 2.24) is 0 Å². The highest BCUT2D eigenvalue weighted by molar-refractivity contribution is 5.84. The van der Waals surface area contributed by atoms with Gasteiger partial charge in [0.1, 0.15) is 18.1 Å². The summed E-state index contributed by atoms with van der Waals surface area (Å²) in [5.74, 6) is -0.0742. The molecule has 2 aromatic carbocycles. The third-order valence-corrected chi connectivity index (χ3v) is 3.38. The standard InChI is InChI=1S/C18H15NO4/c19-16-4-2-1-3-15(16)12-5-7-13(8-6-12)22-11-14-9-10-17(23-14)18(20)21/h1-10H,11,19H2,(H,20,21). The van der Waals surface area contributed by atoms with Crippen molar-refractivity contribution in [1.29, 1.82) is 0 Å². The van der Waals surface area contributed by atoms with Crippen molar-refractivity contribution >= 4 is 11.7 Å². The highest BCUT2D eigenvalue weighted by Gasteiger charge is 2.09. The Kier molecular flexibility index (Phi) is 4.01. The average Bonchev–Trinajstić information content (AvgIpc) is 3.03. The van der Waals surface area contributed by atoms with Crippen LogP contribution in [0.15, 0.2) is 65.1 Å². The van der Waals surface area contributed by atoms with Crippen molar-refractivity contribution in [2.24, 2.45) is 0 Å². The molecule has 116 valence electrons. The van der Waals surface area contributed by atoms with Crippen molar-refractivity contribution in [2.45, 2.75) is 6.61 Å². The molecule has 1 aromatic heterocycles. The first kappa shape index (κ1) is 14.7. The van der Waals surface area contributed by atoms with Gasteiger partial charge < -0.3 is 20.0 Å². The van der Waals surface area contributed by atoms with Gasteiger partial charge in [-0.25, -0.2) is 4.79 Å². The molecule has 5 heteroatoms. The van der Waals surface area contributed by atoms with Gasteiger partial charge in [-0.2, -0.15) is 0 Å². The number of anilines is 1. The van der Waals surface area contributed by atoms with E-state index in [0.717, 1.165) is 16.8 Å². The third kappa shape index (κ3) is 3.35. The smallest absolute Gasteiger partial charge is 0.371 e. The molecule has 0 fully saturated rings. The fourth-order valence-corrected chi connectivity index (χ4v) is 2.22. The van der Waals surface area contributed by atoms with E-state index in [1.807, 2.05) is 48.5 Å². The summed E-state index contributed by atoms with van der Waals surface area (Å²) < 4.78 is 10.7. The highest BCUT2D eigenvalue weighted by Crippen LogP contribution is 2.27. The van der Waals surface area contributed by atoms with Crippen molar-refractivity contribution in [3.63, 3.8) is 0 Å². The van der Waals surface area contributed by atoms with Gasteiger partial charge in [-0.05, 0) is 35.9 Å². The summed E-state index contributed by atoms with van der Waals surface area (Å²) in [6.07, 6.45) is 0. The van der Waals surface area contributed by atoms with E-state index in [9.17, 15) is 4.79 Å². The fraction of sp³-hybridized carbons (Fsp3) is 0.0556. The molecule has 3 aromatic rings. The number of carboxylic acid groups (broad SMARTS) is 1. The first-order chi connectivity index (χ1) is 11.1. The van der Waals surface area contributed by atoms with Crippen LogP contribution in [-0.2, 0) is 6.61 Å². The van der Waals surface area contributed by atoms with E-state index in [1.54, 1.807) is 6.07 Å². The number of rotatable bonds is 5. The van der Waals surface area contributed by atoms with Crippen molar-refractivity contribution < 1.29 is 19.1 Å². The van der Waals surface area contributed by atoms with E-state index in [0.29, 0.717) is 11.5 Å². The van der Waals surface area contributed by atoms with Crippen LogP contribution in [0, 0.1) is 0 Å². The zero-order chi connectivity index (χ0) is 16.2. The van der Waals surface area contributed by atoms with Gasteiger partial charge in [-0.3, -0.25) is 0 Å². The molecule has 0 aliphatic rings. The van der Waals surface area contributed by atoms with E-state index < -0.39 is 5.97 Å². The third-order valence-electron chi connectivity index (χ3n) is 3.38. The predicted molar refractivity (Wildman–Crippen MR) is 86.3 cm³/mol. The molecule has 0 aliphatic carbocycles. The molecule has 0 unspecified atom stereocenters. The molecular formula is C18H15NO4. The number of para-hydroxylation sites is 1. The predicted octanol–water partition coefficient (Wildman–Crippen LogP) is 3.81. The molecule has 0 bridgehead atoms. The molecule has 0 radical (unpaired) electrons. The van der Waals surface area contributed by atoms with Crippen LogP contribution in [0.3, 0.4) is 0 Å². The Morgan fingerprint density at radius 1 is 1.04 bits per heavy atom. The molecule has 3 rings (SSSR count). The zero-order valence-electron chi connectivity index (χ0n) is 12.2. The summed E-state index contributed by atoms with van der Waals surface area (Å²) in [6, 6.07) is 18.2. The maximum Gasteiger partial charge on any atom is 0.371 e. The number of carbonyl (C=O) groups is 1. The Balaban J connectivity index is 1.68. The lowest BCUT2D eigenvalue weighted by Crippen LogP contribution is -1.95. The van der Waals surface area contributed by atoms with E-state index in [4.69, 9.17) is 20.0 Å². The molecule has 0 aliphatic heterocycles. The summed E-state index contributed by atoms with van der Waals surface area (Å²) in [4.78, 5) is 10.7. The highest BCUT2D eigenvalue weighted by atomic mass is 16.5. The SMILES string of the molecule is Nc1ccccc1-c1ccc(OCc2ccc(C(=O)O)o2)cc1. The first-order valence-corrected chi connectivity index (χ1v) is 7.03. The Labute approximate surface area is 132 Å². The number of aromatic carboxylic acids is 1. The summed E-state index contributed by atoms with van der Waals surface area (Å²) in [5, 5.41) is 8.80. The summed E-state index contributed by atoms with van der Waals surface area (Å²) in [7, 11) is 0. The quantitative estimate of drug-likeness (QED) is 0.700. The van der Waals surface area contributed by atoms with E-state index >= 15 is 0 Å². The van der Waals surface area contributed by atoms with Crippen LogP contribution in [0.5, 0.6) is 5.75 Å². The van der Waals surface area contributed by atoms with Crippen LogP contribution in [0.4, 0.5) is 5.69 Å². The van der Waals surface area contributed by atoms with Gasteiger partial charge in [0, 0.05) is 11.3 Å². The van der Waals surface area contributed by atoms with Gasteiger partial charge in [0.2, 0.25) is 5.76 Å². The molecule has 1 heterocycles. The average molecular weight is 309 g/mol. The molecule has 0 saturated carbocycles. The second kappa shape index (κ2) is 6.27. The van der Waals surface area contributed by atoms with Gasteiger partial charge in [0.05, 0.1) is 0 Å².